The number of aromatic nitrogens is 4. The number of carbonyl (C=O) groups is 1. The molecule has 1 fully saturated rings. The maximum absolute atomic E-state index is 13.0. The van der Waals surface area contributed by atoms with Crippen LogP contribution in [0.2, 0.25) is 5.02 Å². The lowest BCUT2D eigenvalue weighted by Gasteiger charge is -2.16. The average Bonchev–Trinajstić information content (AvgIpc) is 3.34. The molecule has 0 radical (unpaired) electrons. The number of H-pyrrole nitrogens is 1. The molecule has 1 saturated heterocycles. The number of aromatic amines is 1. The Hall–Kier alpha value is -2.60. The fourth-order valence-corrected chi connectivity index (χ4v) is 3.59. The van der Waals surface area contributed by atoms with Crippen molar-refractivity contribution in [3.05, 3.63) is 59.0 Å². The number of nitrogens with one attached hydrogen (secondary N) is 1. The Morgan fingerprint density at radius 1 is 1.32 bits per heavy atom. The zero-order chi connectivity index (χ0) is 17.4. The standard InChI is InChI=1S/C18H18ClN5O/c1-23-10-13(8-21-23)12-6-7-24(11-12)18(25)15-9-20-22-17(15)14-4-2-3-5-16(14)19/h2-5,8-10,12H,6-7,11H2,1H3,(H,20,22)/t12-/m0/s1. The largest absolute Gasteiger partial charge is 0.338 e. The predicted octanol–water partition coefficient (Wildman–Crippen LogP) is 3.09. The normalized spacial score (nSPS) is 17.2. The summed E-state index contributed by atoms with van der Waals surface area (Å²) in [5.74, 6) is 0.309. The van der Waals surface area contributed by atoms with Gasteiger partial charge < -0.3 is 4.90 Å². The maximum atomic E-state index is 13.0. The molecule has 0 aliphatic carbocycles. The summed E-state index contributed by atoms with van der Waals surface area (Å²) in [5.41, 5.74) is 3.18. The SMILES string of the molecule is Cn1cc([C@H]2CCN(C(=O)c3cn[nH]c3-c3ccccc3Cl)C2)cn1. The smallest absolute Gasteiger partial charge is 0.257 e. The molecule has 4 rings (SSSR count). The molecule has 6 nitrogen and oxygen atoms in total. The summed E-state index contributed by atoms with van der Waals surface area (Å²) in [4.78, 5) is 14.9. The van der Waals surface area contributed by atoms with Gasteiger partial charge in [0, 0.05) is 42.8 Å². The zero-order valence-corrected chi connectivity index (χ0v) is 14.6. The fraction of sp³-hybridized carbons (Fsp3) is 0.278. The van der Waals surface area contributed by atoms with E-state index in [9.17, 15) is 4.79 Å². The van der Waals surface area contributed by atoms with Crippen LogP contribution < -0.4 is 0 Å². The molecule has 7 heteroatoms. The molecule has 1 N–H and O–H groups in total. The van der Waals surface area contributed by atoms with Gasteiger partial charge in [-0.25, -0.2) is 0 Å². The number of amides is 1. The lowest BCUT2D eigenvalue weighted by molar-refractivity contribution is 0.0791. The van der Waals surface area contributed by atoms with E-state index in [0.29, 0.717) is 28.7 Å². The van der Waals surface area contributed by atoms with Crippen molar-refractivity contribution in [2.24, 2.45) is 7.05 Å². The highest BCUT2D eigenvalue weighted by atomic mass is 35.5. The minimum atomic E-state index is -0.0185. The molecule has 128 valence electrons. The van der Waals surface area contributed by atoms with Crippen LogP contribution in [0.5, 0.6) is 0 Å². The topological polar surface area (TPSA) is 66.8 Å². The first-order chi connectivity index (χ1) is 12.1. The van der Waals surface area contributed by atoms with Gasteiger partial charge in [0.1, 0.15) is 0 Å². The van der Waals surface area contributed by atoms with Gasteiger partial charge in [-0.15, -0.1) is 0 Å². The van der Waals surface area contributed by atoms with Crippen molar-refractivity contribution in [3.8, 4) is 11.3 Å². The third kappa shape index (κ3) is 2.93. The Morgan fingerprint density at radius 3 is 2.92 bits per heavy atom. The lowest BCUT2D eigenvalue weighted by Crippen LogP contribution is -2.28. The highest BCUT2D eigenvalue weighted by molar-refractivity contribution is 6.33. The number of benzene rings is 1. The van der Waals surface area contributed by atoms with Crippen LogP contribution in [0.25, 0.3) is 11.3 Å². The summed E-state index contributed by atoms with van der Waals surface area (Å²) in [6.07, 6.45) is 6.42. The number of likely N-dealkylation sites (tertiary alicyclic amines) is 1. The molecule has 2 aromatic heterocycles. The first kappa shape index (κ1) is 15.9. The van der Waals surface area contributed by atoms with Crippen LogP contribution in [0.1, 0.15) is 28.3 Å². The van der Waals surface area contributed by atoms with E-state index in [1.54, 1.807) is 16.9 Å². The molecule has 3 heterocycles. The van der Waals surface area contributed by atoms with Crippen molar-refractivity contribution in [3.63, 3.8) is 0 Å². The molecule has 1 aromatic carbocycles. The first-order valence-corrected chi connectivity index (χ1v) is 8.57. The Bertz CT molecular complexity index is 916. The molecule has 0 saturated carbocycles. The van der Waals surface area contributed by atoms with Crippen LogP contribution >= 0.6 is 11.6 Å². The zero-order valence-electron chi connectivity index (χ0n) is 13.8. The third-order valence-electron chi connectivity index (χ3n) is 4.68. The van der Waals surface area contributed by atoms with E-state index in [1.165, 1.54) is 5.56 Å². The van der Waals surface area contributed by atoms with E-state index < -0.39 is 0 Å². The number of halogens is 1. The minimum Gasteiger partial charge on any atom is -0.338 e. The number of carbonyl (C=O) groups excluding carboxylic acids is 1. The van der Waals surface area contributed by atoms with Gasteiger partial charge >= 0.3 is 0 Å². The monoisotopic (exact) mass is 355 g/mol. The van der Waals surface area contributed by atoms with Gasteiger partial charge in [0.2, 0.25) is 0 Å². The molecule has 3 aromatic rings. The van der Waals surface area contributed by atoms with Crippen molar-refractivity contribution < 1.29 is 4.79 Å². The Morgan fingerprint density at radius 2 is 2.16 bits per heavy atom. The van der Waals surface area contributed by atoms with Gasteiger partial charge in [-0.05, 0) is 18.1 Å². The second-order valence-electron chi connectivity index (χ2n) is 6.32. The first-order valence-electron chi connectivity index (χ1n) is 8.19. The molecule has 1 amide bonds. The van der Waals surface area contributed by atoms with E-state index >= 15 is 0 Å². The number of hydrogen-bond acceptors (Lipinski definition) is 3. The van der Waals surface area contributed by atoms with Crippen LogP contribution in [0.15, 0.2) is 42.9 Å². The minimum absolute atomic E-state index is 0.0185. The van der Waals surface area contributed by atoms with E-state index in [0.717, 1.165) is 18.5 Å². The summed E-state index contributed by atoms with van der Waals surface area (Å²) < 4.78 is 1.80. The molecule has 0 unspecified atom stereocenters. The second kappa shape index (κ2) is 6.37. The summed E-state index contributed by atoms with van der Waals surface area (Å²) in [5, 5.41) is 11.8. The van der Waals surface area contributed by atoms with Crippen LogP contribution in [0.3, 0.4) is 0 Å². The number of hydrogen-bond donors (Lipinski definition) is 1. The quantitative estimate of drug-likeness (QED) is 0.785. The van der Waals surface area contributed by atoms with Crippen molar-refractivity contribution in [1.82, 2.24) is 24.9 Å². The van der Waals surface area contributed by atoms with Gasteiger partial charge in [0.15, 0.2) is 0 Å². The van der Waals surface area contributed by atoms with Gasteiger partial charge in [0.05, 0.1) is 23.7 Å². The average molecular weight is 356 g/mol. The van der Waals surface area contributed by atoms with Gasteiger partial charge in [0.25, 0.3) is 5.91 Å². The van der Waals surface area contributed by atoms with Crippen molar-refractivity contribution in [2.75, 3.05) is 13.1 Å². The Kier molecular flexibility index (Phi) is 4.05. The van der Waals surface area contributed by atoms with Crippen molar-refractivity contribution in [1.29, 1.82) is 0 Å². The lowest BCUT2D eigenvalue weighted by atomic mass is 10.0. The van der Waals surface area contributed by atoms with Gasteiger partial charge in [-0.3, -0.25) is 14.6 Å². The Labute approximate surface area is 150 Å². The molecule has 0 spiro atoms. The van der Waals surface area contributed by atoms with E-state index in [4.69, 9.17) is 11.6 Å². The van der Waals surface area contributed by atoms with Crippen molar-refractivity contribution in [2.45, 2.75) is 12.3 Å². The van der Waals surface area contributed by atoms with Crippen LogP contribution in [-0.2, 0) is 7.05 Å². The molecule has 1 atom stereocenters. The number of rotatable bonds is 3. The third-order valence-corrected chi connectivity index (χ3v) is 5.01. The van der Waals surface area contributed by atoms with E-state index in [2.05, 4.69) is 15.3 Å². The maximum Gasteiger partial charge on any atom is 0.257 e. The Balaban J connectivity index is 1.57. The van der Waals surface area contributed by atoms with Gasteiger partial charge in [-0.1, -0.05) is 29.8 Å². The highest BCUT2D eigenvalue weighted by Crippen LogP contribution is 2.32. The molecule has 1 aliphatic rings. The molecule has 25 heavy (non-hydrogen) atoms. The molecule has 1 aliphatic heterocycles. The highest BCUT2D eigenvalue weighted by Gasteiger charge is 2.30. The molecular formula is C18H18ClN5O. The van der Waals surface area contributed by atoms with Crippen molar-refractivity contribution >= 4 is 17.5 Å². The van der Waals surface area contributed by atoms with Crippen LogP contribution in [0.4, 0.5) is 0 Å². The molecule has 0 bridgehead atoms. The summed E-state index contributed by atoms with van der Waals surface area (Å²) >= 11 is 6.28. The fourth-order valence-electron chi connectivity index (χ4n) is 3.36. The van der Waals surface area contributed by atoms with Crippen LogP contribution in [0, 0.1) is 0 Å². The summed E-state index contributed by atoms with van der Waals surface area (Å²) in [6, 6.07) is 7.45. The van der Waals surface area contributed by atoms with Crippen LogP contribution in [-0.4, -0.2) is 43.9 Å². The number of aryl methyl sites for hydroxylation is 1. The molecular weight excluding hydrogens is 338 g/mol. The second-order valence-corrected chi connectivity index (χ2v) is 6.73. The van der Waals surface area contributed by atoms with E-state index in [1.807, 2.05) is 42.5 Å². The summed E-state index contributed by atoms with van der Waals surface area (Å²) in [7, 11) is 1.91. The number of nitrogens with zero attached hydrogens (tertiary/aromatic N) is 4. The van der Waals surface area contributed by atoms with Gasteiger partial charge in [-0.2, -0.15) is 10.2 Å². The predicted molar refractivity (Wildman–Crippen MR) is 95.5 cm³/mol. The van der Waals surface area contributed by atoms with E-state index in [-0.39, 0.29) is 5.91 Å². The summed E-state index contributed by atoms with van der Waals surface area (Å²) in [6.45, 7) is 1.42.